The van der Waals surface area contributed by atoms with Gasteiger partial charge in [-0.15, -0.1) is 0 Å². The van der Waals surface area contributed by atoms with E-state index in [1.54, 1.807) is 36.4 Å². The number of para-hydroxylation sites is 2. The number of nitrogens with zero attached hydrogens (tertiary/aromatic N) is 1. The summed E-state index contributed by atoms with van der Waals surface area (Å²) < 4.78 is 0. The van der Waals surface area contributed by atoms with Crippen LogP contribution in [0.15, 0.2) is 72.8 Å². The summed E-state index contributed by atoms with van der Waals surface area (Å²) in [5.41, 5.74) is 2.96. The summed E-state index contributed by atoms with van der Waals surface area (Å²) in [5, 5.41) is 16.7. The first-order chi connectivity index (χ1) is 14.4. The molecule has 7 nitrogen and oxygen atoms in total. The molecule has 0 radical (unpaired) electrons. The van der Waals surface area contributed by atoms with E-state index in [2.05, 4.69) is 10.6 Å². The lowest BCUT2D eigenvalue weighted by molar-refractivity contribution is -0.385. The number of amides is 2. The van der Waals surface area contributed by atoms with Crippen molar-refractivity contribution >= 4 is 23.2 Å². The van der Waals surface area contributed by atoms with Gasteiger partial charge in [-0.3, -0.25) is 19.7 Å². The van der Waals surface area contributed by atoms with Crippen LogP contribution in [0.2, 0.25) is 0 Å². The van der Waals surface area contributed by atoms with Crippen LogP contribution in [0.3, 0.4) is 0 Å². The van der Waals surface area contributed by atoms with Crippen molar-refractivity contribution in [1.82, 2.24) is 5.32 Å². The van der Waals surface area contributed by atoms with Gasteiger partial charge in [-0.2, -0.15) is 0 Å². The minimum atomic E-state index is -0.519. The van der Waals surface area contributed by atoms with Crippen molar-refractivity contribution < 1.29 is 14.5 Å². The Hall–Kier alpha value is -4.00. The second kappa shape index (κ2) is 9.47. The van der Waals surface area contributed by atoms with Gasteiger partial charge in [0.05, 0.1) is 22.6 Å². The van der Waals surface area contributed by atoms with Gasteiger partial charge in [0, 0.05) is 18.2 Å². The fourth-order valence-electron chi connectivity index (χ4n) is 2.98. The molecule has 0 saturated heterocycles. The number of anilines is 1. The van der Waals surface area contributed by atoms with Crippen LogP contribution in [-0.4, -0.2) is 16.7 Å². The molecule has 0 spiro atoms. The van der Waals surface area contributed by atoms with E-state index in [1.165, 1.54) is 12.1 Å². The molecule has 0 bridgehead atoms. The molecule has 0 heterocycles. The first kappa shape index (κ1) is 20.7. The molecule has 152 valence electrons. The molecule has 2 amide bonds. The molecule has 3 aromatic rings. The van der Waals surface area contributed by atoms with E-state index in [0.29, 0.717) is 23.4 Å². The number of nitrogens with one attached hydrogen (secondary N) is 2. The first-order valence-corrected chi connectivity index (χ1v) is 9.39. The lowest BCUT2D eigenvalue weighted by Crippen LogP contribution is -2.25. The van der Waals surface area contributed by atoms with E-state index in [-0.39, 0.29) is 18.0 Å². The molecule has 0 aromatic heterocycles. The number of hydrogen-bond acceptors (Lipinski definition) is 4. The van der Waals surface area contributed by atoms with Gasteiger partial charge in [0.1, 0.15) is 0 Å². The van der Waals surface area contributed by atoms with Crippen molar-refractivity contribution in [3.05, 3.63) is 105 Å². The molecule has 0 aliphatic carbocycles. The normalized spacial score (nSPS) is 10.3. The Labute approximate surface area is 173 Å². The predicted molar refractivity (Wildman–Crippen MR) is 114 cm³/mol. The number of aryl methyl sites for hydroxylation is 1. The Balaban J connectivity index is 1.69. The average Bonchev–Trinajstić information content (AvgIpc) is 2.73. The lowest BCUT2D eigenvalue weighted by atomic mass is 10.1. The third-order valence-corrected chi connectivity index (χ3v) is 4.56. The quantitative estimate of drug-likeness (QED) is 0.460. The number of benzene rings is 3. The van der Waals surface area contributed by atoms with Crippen LogP contribution < -0.4 is 10.6 Å². The van der Waals surface area contributed by atoms with Gasteiger partial charge in [-0.25, -0.2) is 0 Å². The molecular formula is C23H21N3O4. The zero-order valence-electron chi connectivity index (χ0n) is 16.4. The van der Waals surface area contributed by atoms with Crippen LogP contribution in [0.4, 0.5) is 11.4 Å². The molecule has 30 heavy (non-hydrogen) atoms. The second-order valence-electron chi connectivity index (χ2n) is 6.82. The summed E-state index contributed by atoms with van der Waals surface area (Å²) in [6, 6.07) is 20.6. The number of carbonyl (C=O) groups is 2. The molecule has 2 N–H and O–H groups in total. The number of carbonyl (C=O) groups excluding carboxylic acids is 2. The summed E-state index contributed by atoms with van der Waals surface area (Å²) in [6.07, 6.45) is -0.170. The maximum atomic E-state index is 12.6. The van der Waals surface area contributed by atoms with Crippen LogP contribution in [0.1, 0.15) is 27.0 Å². The highest BCUT2D eigenvalue weighted by Crippen LogP contribution is 2.20. The van der Waals surface area contributed by atoms with E-state index >= 15 is 0 Å². The minimum absolute atomic E-state index is 0.114. The molecule has 3 rings (SSSR count). The number of nitro groups is 1. The Bertz CT molecular complexity index is 1080. The number of nitro benzene ring substituents is 1. The van der Waals surface area contributed by atoms with Crippen molar-refractivity contribution in [2.75, 3.05) is 5.32 Å². The van der Waals surface area contributed by atoms with Gasteiger partial charge in [0.2, 0.25) is 5.91 Å². The van der Waals surface area contributed by atoms with Crippen LogP contribution in [0.5, 0.6) is 0 Å². The molecule has 0 aliphatic heterocycles. The van der Waals surface area contributed by atoms with Crippen LogP contribution in [0, 0.1) is 17.0 Å². The van der Waals surface area contributed by atoms with E-state index in [0.717, 1.165) is 11.1 Å². The zero-order chi connectivity index (χ0) is 21.5. The monoisotopic (exact) mass is 403 g/mol. The van der Waals surface area contributed by atoms with Crippen molar-refractivity contribution in [2.45, 2.75) is 19.9 Å². The largest absolute Gasteiger partial charge is 0.348 e. The topological polar surface area (TPSA) is 101 Å². The van der Waals surface area contributed by atoms with Gasteiger partial charge in [0.25, 0.3) is 11.6 Å². The molecule has 0 atom stereocenters. The number of rotatable bonds is 7. The Morgan fingerprint density at radius 3 is 2.33 bits per heavy atom. The van der Waals surface area contributed by atoms with E-state index < -0.39 is 10.8 Å². The average molecular weight is 403 g/mol. The molecule has 0 unspecified atom stereocenters. The predicted octanol–water partition coefficient (Wildman–Crippen LogP) is 4.01. The summed E-state index contributed by atoms with van der Waals surface area (Å²) in [4.78, 5) is 35.7. The fraction of sp³-hybridized carbons (Fsp3) is 0.130. The molecule has 0 aliphatic rings. The molecule has 0 fully saturated rings. The zero-order valence-corrected chi connectivity index (χ0v) is 16.4. The van der Waals surface area contributed by atoms with E-state index in [4.69, 9.17) is 0 Å². The number of hydrogen-bond donors (Lipinski definition) is 2. The standard InChI is InChI=1S/C23H21N3O4/c1-16-10-12-17(13-11-16)15-24-23(28)19-7-3-4-8-20(19)25-22(27)14-18-6-2-5-9-21(18)26(29)30/h2-13H,14-15H2,1H3,(H,24,28)(H,25,27). The van der Waals surface area contributed by atoms with Gasteiger partial charge in [-0.1, -0.05) is 60.2 Å². The van der Waals surface area contributed by atoms with Crippen molar-refractivity contribution in [3.63, 3.8) is 0 Å². The summed E-state index contributed by atoms with van der Waals surface area (Å²) in [6.45, 7) is 2.35. The van der Waals surface area contributed by atoms with Crippen molar-refractivity contribution in [3.8, 4) is 0 Å². The SMILES string of the molecule is Cc1ccc(CNC(=O)c2ccccc2NC(=O)Cc2ccccc2[N+](=O)[O-])cc1. The Morgan fingerprint density at radius 2 is 1.60 bits per heavy atom. The van der Waals surface area contributed by atoms with Gasteiger partial charge < -0.3 is 10.6 Å². The molecule has 3 aromatic carbocycles. The highest BCUT2D eigenvalue weighted by molar-refractivity contribution is 6.04. The third kappa shape index (κ3) is 5.29. The minimum Gasteiger partial charge on any atom is -0.348 e. The summed E-state index contributed by atoms with van der Waals surface area (Å²) in [7, 11) is 0. The van der Waals surface area contributed by atoms with Gasteiger partial charge in [-0.05, 0) is 24.6 Å². The maximum absolute atomic E-state index is 12.6. The summed E-state index contributed by atoms with van der Waals surface area (Å²) >= 11 is 0. The summed E-state index contributed by atoms with van der Waals surface area (Å²) in [5.74, 6) is -0.764. The highest BCUT2D eigenvalue weighted by atomic mass is 16.6. The maximum Gasteiger partial charge on any atom is 0.273 e. The molecule has 7 heteroatoms. The van der Waals surface area contributed by atoms with E-state index in [9.17, 15) is 19.7 Å². The van der Waals surface area contributed by atoms with Crippen molar-refractivity contribution in [2.24, 2.45) is 0 Å². The van der Waals surface area contributed by atoms with Crippen LogP contribution in [0.25, 0.3) is 0 Å². The van der Waals surface area contributed by atoms with Gasteiger partial charge >= 0.3 is 0 Å². The van der Waals surface area contributed by atoms with Crippen LogP contribution in [-0.2, 0) is 17.8 Å². The Kier molecular flexibility index (Phi) is 6.54. The second-order valence-corrected chi connectivity index (χ2v) is 6.82. The van der Waals surface area contributed by atoms with Crippen LogP contribution >= 0.6 is 0 Å². The Morgan fingerprint density at radius 1 is 0.933 bits per heavy atom. The fourth-order valence-corrected chi connectivity index (χ4v) is 2.98. The van der Waals surface area contributed by atoms with Gasteiger partial charge in [0.15, 0.2) is 0 Å². The smallest absolute Gasteiger partial charge is 0.273 e. The third-order valence-electron chi connectivity index (χ3n) is 4.56. The highest BCUT2D eigenvalue weighted by Gasteiger charge is 2.17. The van der Waals surface area contributed by atoms with E-state index in [1.807, 2.05) is 31.2 Å². The lowest BCUT2D eigenvalue weighted by Gasteiger charge is -2.12. The molecule has 0 saturated carbocycles. The first-order valence-electron chi connectivity index (χ1n) is 9.39. The van der Waals surface area contributed by atoms with Crippen molar-refractivity contribution in [1.29, 1.82) is 0 Å². The molecular weight excluding hydrogens is 382 g/mol.